The van der Waals surface area contributed by atoms with E-state index in [0.29, 0.717) is 0 Å². The molecule has 0 aliphatic carbocycles. The molecule has 108 valence electrons. The molecule has 0 aliphatic rings. The molecule has 0 fully saturated rings. The van der Waals surface area contributed by atoms with E-state index in [0.717, 1.165) is 5.56 Å². The van der Waals surface area contributed by atoms with Crippen LogP contribution in [0.5, 0.6) is 5.75 Å². The summed E-state index contributed by atoms with van der Waals surface area (Å²) in [5.41, 5.74) is 2.02. The van der Waals surface area contributed by atoms with Gasteiger partial charge in [-0.2, -0.15) is 0 Å². The molecule has 0 aromatic heterocycles. The number of hydrogen-bond donors (Lipinski definition) is 2. The first-order valence-electron chi connectivity index (χ1n) is 6.20. The number of hydrogen-bond acceptors (Lipinski definition) is 2. The summed E-state index contributed by atoms with van der Waals surface area (Å²) in [6.07, 6.45) is 0. The Bertz CT molecular complexity index is 620. The third-order valence-electron chi connectivity index (χ3n) is 3.30. The molecule has 2 aromatic rings. The van der Waals surface area contributed by atoms with Crippen LogP contribution < -0.4 is 4.52 Å². The van der Waals surface area contributed by atoms with Crippen LogP contribution in [-0.2, 0) is 9.98 Å². The Morgan fingerprint density at radius 2 is 1.38 bits per heavy atom. The first kappa shape index (κ1) is 18.4. The van der Waals surface area contributed by atoms with Crippen molar-refractivity contribution in [2.24, 2.45) is 0 Å². The summed E-state index contributed by atoms with van der Waals surface area (Å²) >= 11 is 0. The van der Waals surface area contributed by atoms with Crippen molar-refractivity contribution < 1.29 is 18.9 Å². The molecule has 0 heterocycles. The van der Waals surface area contributed by atoms with Crippen molar-refractivity contribution in [3.63, 3.8) is 0 Å². The van der Waals surface area contributed by atoms with Gasteiger partial charge < -0.3 is 4.52 Å². The minimum atomic E-state index is -4.50. The molecular weight excluding hydrogens is 298 g/mol. The van der Waals surface area contributed by atoms with Gasteiger partial charge in [0.2, 0.25) is 0 Å². The molecule has 6 heteroatoms. The molecule has 0 saturated heterocycles. The van der Waals surface area contributed by atoms with E-state index in [-0.39, 0.29) is 40.7 Å². The molecule has 0 aliphatic heterocycles. The quantitative estimate of drug-likeness (QED) is 0.672. The van der Waals surface area contributed by atoms with Crippen LogP contribution in [0.3, 0.4) is 0 Å². The van der Waals surface area contributed by atoms with E-state index in [1.807, 2.05) is 30.3 Å². The van der Waals surface area contributed by atoms with Gasteiger partial charge in [0.1, 0.15) is 5.75 Å². The zero-order valence-corrected chi connectivity index (χ0v) is 12.2. The van der Waals surface area contributed by atoms with Gasteiger partial charge in [0.15, 0.2) is 0 Å². The molecule has 2 aromatic carbocycles. The first-order valence-corrected chi connectivity index (χ1v) is 7.73. The molecule has 0 atom stereocenters. The second-order valence-corrected chi connectivity index (χ2v) is 6.26. The second-order valence-electron chi connectivity index (χ2n) is 5.10. The standard InChI is InChI=1S/C15H17O4P.Na.H/c1-15(2,12-6-4-3-5-7-12)13-8-10-14(11-9-13)19-20(16,17)18;;/h3-11H,1-2H3,(H2,16,17,18);;. The Morgan fingerprint density at radius 1 is 0.905 bits per heavy atom. The van der Waals surface area contributed by atoms with E-state index in [1.165, 1.54) is 5.56 Å². The fourth-order valence-electron chi connectivity index (χ4n) is 2.09. The average Bonchev–Trinajstić information content (AvgIpc) is 2.38. The van der Waals surface area contributed by atoms with Crippen molar-refractivity contribution in [1.29, 1.82) is 0 Å². The molecule has 0 amide bonds. The summed E-state index contributed by atoms with van der Waals surface area (Å²) in [5, 5.41) is 0. The van der Waals surface area contributed by atoms with Crippen LogP contribution in [0.1, 0.15) is 25.0 Å². The predicted molar refractivity (Wildman–Crippen MR) is 84.8 cm³/mol. The summed E-state index contributed by atoms with van der Waals surface area (Å²) in [7, 11) is -4.50. The van der Waals surface area contributed by atoms with Gasteiger partial charge in [0, 0.05) is 5.41 Å². The molecule has 2 N–H and O–H groups in total. The van der Waals surface area contributed by atoms with E-state index in [2.05, 4.69) is 30.5 Å². The van der Waals surface area contributed by atoms with Crippen molar-refractivity contribution in [3.8, 4) is 5.75 Å². The van der Waals surface area contributed by atoms with Crippen molar-refractivity contribution in [1.82, 2.24) is 0 Å². The monoisotopic (exact) mass is 316 g/mol. The van der Waals surface area contributed by atoms with Crippen molar-refractivity contribution >= 4 is 37.4 Å². The number of phosphoric ester groups is 1. The first-order chi connectivity index (χ1) is 9.29. The van der Waals surface area contributed by atoms with E-state index >= 15 is 0 Å². The van der Waals surface area contributed by atoms with Crippen LogP contribution in [-0.4, -0.2) is 39.3 Å². The molecule has 2 rings (SSSR count). The third-order valence-corrected chi connectivity index (χ3v) is 3.74. The number of rotatable bonds is 4. The van der Waals surface area contributed by atoms with Gasteiger partial charge in [-0.05, 0) is 23.3 Å². The summed E-state index contributed by atoms with van der Waals surface area (Å²) in [6.45, 7) is 4.20. The van der Waals surface area contributed by atoms with Crippen molar-refractivity contribution in [2.75, 3.05) is 0 Å². The van der Waals surface area contributed by atoms with E-state index in [4.69, 9.17) is 9.79 Å². The second kappa shape index (κ2) is 7.10. The zero-order chi connectivity index (χ0) is 14.8. The molecule has 4 nitrogen and oxygen atoms in total. The van der Waals surface area contributed by atoms with Gasteiger partial charge in [-0.25, -0.2) is 4.57 Å². The van der Waals surface area contributed by atoms with Crippen LogP contribution in [0.25, 0.3) is 0 Å². The molecular formula is C15H18NaO4P. The van der Waals surface area contributed by atoms with Crippen LogP contribution in [0, 0.1) is 0 Å². The van der Waals surface area contributed by atoms with Gasteiger partial charge in [-0.1, -0.05) is 56.3 Å². The third kappa shape index (κ3) is 4.96. The Balaban J connectivity index is 0.00000220. The number of benzene rings is 2. The van der Waals surface area contributed by atoms with Gasteiger partial charge in [-0.3, -0.25) is 9.79 Å². The van der Waals surface area contributed by atoms with Crippen molar-refractivity contribution in [3.05, 3.63) is 65.7 Å². The van der Waals surface area contributed by atoms with Crippen LogP contribution in [0.4, 0.5) is 0 Å². The zero-order valence-electron chi connectivity index (χ0n) is 11.4. The van der Waals surface area contributed by atoms with Crippen molar-refractivity contribution in [2.45, 2.75) is 19.3 Å². The Hall–Kier alpha value is -0.610. The van der Waals surface area contributed by atoms with Gasteiger partial charge in [0.25, 0.3) is 0 Å². The maximum absolute atomic E-state index is 10.8. The van der Waals surface area contributed by atoms with Crippen LogP contribution in [0.15, 0.2) is 54.6 Å². The predicted octanol–water partition coefficient (Wildman–Crippen LogP) is 2.84. The molecule has 0 unspecified atom stereocenters. The minimum absolute atomic E-state index is 0. The normalized spacial score (nSPS) is 11.6. The molecule has 21 heavy (non-hydrogen) atoms. The molecule has 0 saturated carbocycles. The van der Waals surface area contributed by atoms with E-state index < -0.39 is 7.82 Å². The average molecular weight is 316 g/mol. The Kier molecular flexibility index (Phi) is 6.23. The van der Waals surface area contributed by atoms with Gasteiger partial charge in [-0.15, -0.1) is 0 Å². The summed E-state index contributed by atoms with van der Waals surface area (Å²) in [5.74, 6) is 0.158. The number of phosphoric acid groups is 1. The summed E-state index contributed by atoms with van der Waals surface area (Å²) < 4.78 is 15.3. The molecule has 0 bridgehead atoms. The van der Waals surface area contributed by atoms with Crippen LogP contribution >= 0.6 is 7.82 Å². The topological polar surface area (TPSA) is 66.8 Å². The maximum atomic E-state index is 10.8. The summed E-state index contributed by atoms with van der Waals surface area (Å²) in [4.78, 5) is 17.5. The Labute approximate surface area is 146 Å². The fourth-order valence-corrected chi connectivity index (χ4v) is 2.49. The van der Waals surface area contributed by atoms with E-state index in [9.17, 15) is 4.57 Å². The SMILES string of the molecule is CC(C)(c1ccccc1)c1ccc(OP(=O)(O)O)cc1.[NaH]. The van der Waals surface area contributed by atoms with Gasteiger partial charge >= 0.3 is 37.4 Å². The summed E-state index contributed by atoms with van der Waals surface area (Å²) in [6, 6.07) is 16.8. The van der Waals surface area contributed by atoms with Crippen LogP contribution in [0.2, 0.25) is 0 Å². The van der Waals surface area contributed by atoms with Gasteiger partial charge in [0.05, 0.1) is 0 Å². The van der Waals surface area contributed by atoms with E-state index in [1.54, 1.807) is 12.1 Å². The fraction of sp³-hybridized carbons (Fsp3) is 0.200. The molecule has 0 radical (unpaired) electrons. The molecule has 0 spiro atoms. The Morgan fingerprint density at radius 3 is 1.86 bits per heavy atom.